The van der Waals surface area contributed by atoms with Crippen molar-refractivity contribution < 1.29 is 14.3 Å². The lowest BCUT2D eigenvalue weighted by molar-refractivity contribution is -0.145. The van der Waals surface area contributed by atoms with Crippen molar-refractivity contribution >= 4 is 17.3 Å². The number of rotatable bonds is 5. The fourth-order valence-electron chi connectivity index (χ4n) is 2.50. The quantitative estimate of drug-likeness (QED) is 0.782. The lowest BCUT2D eigenvalue weighted by Crippen LogP contribution is -2.24. The molecule has 20 heavy (non-hydrogen) atoms. The largest absolute Gasteiger partial charge is 0.465 e. The number of carbonyl (C=O) groups is 1. The second kappa shape index (κ2) is 6.22. The van der Waals surface area contributed by atoms with Crippen LogP contribution in [0.1, 0.15) is 61.5 Å². The van der Waals surface area contributed by atoms with Crippen molar-refractivity contribution in [1.82, 2.24) is 4.98 Å². The average molecular weight is 297 g/mol. The third-order valence-electron chi connectivity index (χ3n) is 4.10. The summed E-state index contributed by atoms with van der Waals surface area (Å²) in [5.41, 5.74) is 0.563. The number of aromatic nitrogens is 1. The number of nitrogens with zero attached hydrogens (tertiary/aromatic N) is 1. The highest BCUT2D eigenvalue weighted by Gasteiger charge is 2.35. The van der Waals surface area contributed by atoms with Crippen LogP contribution >= 0.6 is 11.3 Å². The molecular weight excluding hydrogens is 274 g/mol. The van der Waals surface area contributed by atoms with Crippen molar-refractivity contribution in [3.63, 3.8) is 0 Å². The molecule has 0 amide bonds. The Morgan fingerprint density at radius 2 is 2.25 bits per heavy atom. The van der Waals surface area contributed by atoms with Gasteiger partial charge in [-0.05, 0) is 39.5 Å². The Labute approximate surface area is 124 Å². The average Bonchev–Trinajstić information content (AvgIpc) is 2.91. The van der Waals surface area contributed by atoms with Crippen molar-refractivity contribution in [2.45, 2.75) is 58.0 Å². The van der Waals surface area contributed by atoms with Crippen molar-refractivity contribution in [3.05, 3.63) is 15.6 Å². The molecule has 1 aliphatic carbocycles. The monoisotopic (exact) mass is 297 g/mol. The van der Waals surface area contributed by atoms with Crippen LogP contribution in [0.2, 0.25) is 0 Å². The number of hydrogen-bond donors (Lipinski definition) is 0. The van der Waals surface area contributed by atoms with Gasteiger partial charge in [-0.3, -0.25) is 4.79 Å². The predicted octanol–water partition coefficient (Wildman–Crippen LogP) is 3.40. The number of ether oxygens (including phenoxy) is 2. The Morgan fingerprint density at radius 1 is 1.50 bits per heavy atom. The maximum atomic E-state index is 12.1. The molecular formula is C15H23NO3S. The second-order valence-electron chi connectivity index (χ2n) is 5.31. The molecule has 2 atom stereocenters. The highest BCUT2D eigenvalue weighted by molar-refractivity contribution is 7.11. The first-order chi connectivity index (χ1) is 9.55. The summed E-state index contributed by atoms with van der Waals surface area (Å²) in [5, 5.41) is 0.976. The molecule has 1 aromatic rings. The van der Waals surface area contributed by atoms with Crippen LogP contribution in [0.15, 0.2) is 0 Å². The maximum absolute atomic E-state index is 12.1. The minimum absolute atomic E-state index is 0.138. The fraction of sp³-hybridized carbons (Fsp3) is 0.733. The molecule has 0 fully saturated rings. The van der Waals surface area contributed by atoms with Gasteiger partial charge in [-0.2, -0.15) is 0 Å². The molecule has 1 heterocycles. The number of esters is 1. The number of carbonyl (C=O) groups excluding carboxylic acids is 1. The molecule has 0 N–H and O–H groups in total. The van der Waals surface area contributed by atoms with E-state index in [2.05, 4.69) is 13.8 Å². The van der Waals surface area contributed by atoms with Gasteiger partial charge in [0, 0.05) is 12.0 Å². The van der Waals surface area contributed by atoms with Gasteiger partial charge >= 0.3 is 5.97 Å². The van der Waals surface area contributed by atoms with Crippen LogP contribution in [0.25, 0.3) is 0 Å². The molecule has 2 rings (SSSR count). The molecule has 0 aromatic carbocycles. The van der Waals surface area contributed by atoms with Crippen LogP contribution in [-0.4, -0.2) is 24.7 Å². The van der Waals surface area contributed by atoms with Crippen LogP contribution in [0.3, 0.4) is 0 Å². The summed E-state index contributed by atoms with van der Waals surface area (Å²) in [6.07, 6.45) is 3.73. The predicted molar refractivity (Wildman–Crippen MR) is 79.1 cm³/mol. The highest BCUT2D eigenvalue weighted by Crippen LogP contribution is 2.40. The first-order valence-electron chi connectivity index (χ1n) is 7.27. The van der Waals surface area contributed by atoms with E-state index in [0.29, 0.717) is 6.61 Å². The van der Waals surface area contributed by atoms with Gasteiger partial charge in [0.15, 0.2) is 0 Å². The normalized spacial score (nSPS) is 21.1. The number of thiazole rings is 1. The van der Waals surface area contributed by atoms with Gasteiger partial charge in [0.25, 0.3) is 0 Å². The molecule has 1 aliphatic rings. The zero-order valence-electron chi connectivity index (χ0n) is 12.7. The summed E-state index contributed by atoms with van der Waals surface area (Å²) in [4.78, 5) is 18.0. The Kier molecular flexibility index (Phi) is 4.81. The lowest BCUT2D eigenvalue weighted by Gasteiger charge is -2.23. The molecule has 0 spiro atoms. The van der Waals surface area contributed by atoms with E-state index in [0.717, 1.165) is 36.4 Å². The van der Waals surface area contributed by atoms with Gasteiger partial charge in [-0.15, -0.1) is 11.3 Å². The van der Waals surface area contributed by atoms with Crippen LogP contribution in [0.4, 0.5) is 0 Å². The van der Waals surface area contributed by atoms with Gasteiger partial charge < -0.3 is 9.47 Å². The van der Waals surface area contributed by atoms with Crippen molar-refractivity contribution in [2.75, 3.05) is 13.7 Å². The van der Waals surface area contributed by atoms with Crippen molar-refractivity contribution in [1.29, 1.82) is 0 Å². The first-order valence-corrected chi connectivity index (χ1v) is 8.09. The summed E-state index contributed by atoms with van der Waals surface area (Å²) < 4.78 is 10.8. The maximum Gasteiger partial charge on any atom is 0.315 e. The standard InChI is InChI=1S/C15H23NO3S/c1-5-15(3,18-4)14-16-12-10(13(17)19-6-2)8-7-9-11(12)20-14/h10H,5-9H2,1-4H3. The van der Waals surface area contributed by atoms with E-state index >= 15 is 0 Å². The van der Waals surface area contributed by atoms with Gasteiger partial charge in [-0.1, -0.05) is 6.92 Å². The van der Waals surface area contributed by atoms with E-state index < -0.39 is 0 Å². The van der Waals surface area contributed by atoms with Crippen LogP contribution in [0, 0.1) is 0 Å². The topological polar surface area (TPSA) is 48.4 Å². The molecule has 0 saturated heterocycles. The van der Waals surface area contributed by atoms with E-state index in [1.807, 2.05) is 6.92 Å². The summed E-state index contributed by atoms with van der Waals surface area (Å²) in [6.45, 7) is 6.41. The first kappa shape index (κ1) is 15.4. The Morgan fingerprint density at radius 3 is 2.85 bits per heavy atom. The molecule has 0 saturated carbocycles. The van der Waals surface area contributed by atoms with E-state index in [4.69, 9.17) is 14.5 Å². The second-order valence-corrected chi connectivity index (χ2v) is 6.40. The number of aryl methyl sites for hydroxylation is 1. The zero-order valence-corrected chi connectivity index (χ0v) is 13.5. The molecule has 0 aliphatic heterocycles. The van der Waals surface area contributed by atoms with Crippen LogP contribution in [0.5, 0.6) is 0 Å². The fourth-order valence-corrected chi connectivity index (χ4v) is 3.86. The number of fused-ring (bicyclic) bond motifs is 1. The van der Waals surface area contributed by atoms with Gasteiger partial charge in [0.05, 0.1) is 12.3 Å². The molecule has 4 nitrogen and oxygen atoms in total. The van der Waals surface area contributed by atoms with Crippen LogP contribution in [-0.2, 0) is 26.3 Å². The Bertz CT molecular complexity index is 479. The highest BCUT2D eigenvalue weighted by atomic mass is 32.1. The van der Waals surface area contributed by atoms with Gasteiger partial charge in [0.2, 0.25) is 0 Å². The van der Waals surface area contributed by atoms with E-state index in [9.17, 15) is 4.79 Å². The van der Waals surface area contributed by atoms with Crippen molar-refractivity contribution in [3.8, 4) is 0 Å². The summed E-state index contributed by atoms with van der Waals surface area (Å²) in [5.74, 6) is -0.331. The minimum atomic E-state index is -0.360. The molecule has 1 aromatic heterocycles. The van der Waals surface area contributed by atoms with E-state index in [1.54, 1.807) is 18.4 Å². The molecule has 112 valence electrons. The SMILES string of the molecule is CCOC(=O)C1CCCc2sc(C(C)(CC)OC)nc21. The smallest absolute Gasteiger partial charge is 0.315 e. The number of methoxy groups -OCH3 is 1. The van der Waals surface area contributed by atoms with Gasteiger partial charge in [-0.25, -0.2) is 4.98 Å². The summed E-state index contributed by atoms with van der Waals surface area (Å²) in [7, 11) is 1.71. The summed E-state index contributed by atoms with van der Waals surface area (Å²) in [6, 6.07) is 0. The zero-order chi connectivity index (χ0) is 14.8. The third-order valence-corrected chi connectivity index (χ3v) is 5.48. The molecule has 0 bridgehead atoms. The molecule has 0 radical (unpaired) electrons. The number of hydrogen-bond acceptors (Lipinski definition) is 5. The van der Waals surface area contributed by atoms with Crippen molar-refractivity contribution in [2.24, 2.45) is 0 Å². The summed E-state index contributed by atoms with van der Waals surface area (Å²) >= 11 is 1.69. The Hall–Kier alpha value is -0.940. The third kappa shape index (κ3) is 2.74. The molecule has 5 heteroatoms. The van der Waals surface area contributed by atoms with Gasteiger partial charge in [0.1, 0.15) is 16.5 Å². The minimum Gasteiger partial charge on any atom is -0.465 e. The lowest BCUT2D eigenvalue weighted by atomic mass is 9.91. The van der Waals surface area contributed by atoms with Crippen LogP contribution < -0.4 is 0 Å². The van der Waals surface area contributed by atoms with E-state index in [1.165, 1.54) is 4.88 Å². The molecule has 2 unspecified atom stereocenters. The van der Waals surface area contributed by atoms with E-state index in [-0.39, 0.29) is 17.5 Å². The Balaban J connectivity index is 2.34.